The first-order valence-electron chi connectivity index (χ1n) is 11.9. The Hall–Kier alpha value is -3.55. The molecule has 5 rings (SSSR count). The van der Waals surface area contributed by atoms with Crippen molar-refractivity contribution < 1.29 is 19.1 Å². The molecule has 0 radical (unpaired) electrons. The number of hydrogen-bond acceptors (Lipinski definition) is 5. The van der Waals surface area contributed by atoms with Crippen molar-refractivity contribution in [2.45, 2.75) is 20.1 Å². The maximum absolute atomic E-state index is 13.0. The van der Waals surface area contributed by atoms with E-state index in [1.54, 1.807) is 6.08 Å². The van der Waals surface area contributed by atoms with Gasteiger partial charge in [0.05, 0.1) is 22.5 Å². The number of rotatable bonds is 8. The molecule has 4 aromatic carbocycles. The minimum atomic E-state index is -0.302. The second kappa shape index (κ2) is 11.2. The molecule has 0 aromatic heterocycles. The molecule has 1 heterocycles. The highest BCUT2D eigenvalue weighted by Crippen LogP contribution is 2.40. The van der Waals surface area contributed by atoms with E-state index < -0.39 is 0 Å². The number of amides is 2. The molecule has 1 fully saturated rings. The van der Waals surface area contributed by atoms with Crippen LogP contribution in [-0.4, -0.2) is 22.7 Å². The molecule has 5 nitrogen and oxygen atoms in total. The van der Waals surface area contributed by atoms with Gasteiger partial charge in [0.2, 0.25) is 0 Å². The van der Waals surface area contributed by atoms with Gasteiger partial charge in [-0.3, -0.25) is 14.5 Å². The Balaban J connectivity index is 1.38. The van der Waals surface area contributed by atoms with E-state index in [1.165, 1.54) is 4.90 Å². The van der Waals surface area contributed by atoms with Crippen molar-refractivity contribution in [1.82, 2.24) is 4.90 Å². The molecule has 37 heavy (non-hydrogen) atoms. The largest absolute Gasteiger partial charge is 0.490 e. The van der Waals surface area contributed by atoms with Gasteiger partial charge in [0.15, 0.2) is 11.5 Å². The lowest BCUT2D eigenvalue weighted by Gasteiger charge is -2.16. The molecule has 0 bridgehead atoms. The maximum Gasteiger partial charge on any atom is 0.293 e. The summed E-state index contributed by atoms with van der Waals surface area (Å²) in [5.74, 6) is 0.847. The van der Waals surface area contributed by atoms with Gasteiger partial charge in [0.25, 0.3) is 11.1 Å². The molecule has 4 aromatic rings. The lowest BCUT2D eigenvalue weighted by atomic mass is 10.1. The molecule has 2 amide bonds. The molecule has 186 valence electrons. The maximum atomic E-state index is 13.0. The zero-order valence-corrected chi connectivity index (χ0v) is 22.6. The first kappa shape index (κ1) is 25.1. The first-order chi connectivity index (χ1) is 18.0. The fourth-order valence-corrected chi connectivity index (χ4v) is 5.61. The van der Waals surface area contributed by atoms with E-state index in [-0.39, 0.29) is 17.7 Å². The Morgan fingerprint density at radius 2 is 1.68 bits per heavy atom. The molecular weight excluding hydrogens is 550 g/mol. The number of carbonyl (C=O) groups excluding carboxylic acids is 2. The molecular formula is C30H24BrNO4S. The third kappa shape index (κ3) is 5.58. The van der Waals surface area contributed by atoms with Gasteiger partial charge in [-0.05, 0) is 80.3 Å². The predicted molar refractivity (Wildman–Crippen MR) is 152 cm³/mol. The van der Waals surface area contributed by atoms with E-state index in [9.17, 15) is 9.59 Å². The van der Waals surface area contributed by atoms with Gasteiger partial charge in [-0.15, -0.1) is 0 Å². The highest BCUT2D eigenvalue weighted by molar-refractivity contribution is 9.10. The van der Waals surface area contributed by atoms with E-state index in [4.69, 9.17) is 9.47 Å². The van der Waals surface area contributed by atoms with E-state index in [2.05, 4.69) is 40.2 Å². The fourth-order valence-electron chi connectivity index (χ4n) is 4.20. The Labute approximate surface area is 228 Å². The summed E-state index contributed by atoms with van der Waals surface area (Å²) in [6, 6.07) is 27.5. The van der Waals surface area contributed by atoms with Gasteiger partial charge >= 0.3 is 0 Å². The summed E-state index contributed by atoms with van der Waals surface area (Å²) in [5, 5.41) is 2.02. The Bertz CT molecular complexity index is 1500. The summed E-state index contributed by atoms with van der Waals surface area (Å²) >= 11 is 4.57. The van der Waals surface area contributed by atoms with E-state index in [1.807, 2.05) is 67.6 Å². The molecule has 0 atom stereocenters. The Morgan fingerprint density at radius 1 is 0.919 bits per heavy atom. The van der Waals surface area contributed by atoms with Gasteiger partial charge in [-0.2, -0.15) is 0 Å². The minimum Gasteiger partial charge on any atom is -0.490 e. The van der Waals surface area contributed by atoms with Crippen molar-refractivity contribution >= 4 is 55.7 Å². The normalized spacial score (nSPS) is 14.5. The Morgan fingerprint density at radius 3 is 2.49 bits per heavy atom. The lowest BCUT2D eigenvalue weighted by molar-refractivity contribution is -0.123. The number of nitrogens with zero attached hydrogens (tertiary/aromatic N) is 1. The summed E-state index contributed by atoms with van der Waals surface area (Å²) in [7, 11) is 0. The van der Waals surface area contributed by atoms with Crippen LogP contribution in [-0.2, 0) is 17.9 Å². The molecule has 1 saturated heterocycles. The molecule has 0 saturated carbocycles. The highest BCUT2D eigenvalue weighted by atomic mass is 79.9. The van der Waals surface area contributed by atoms with Crippen LogP contribution in [0.3, 0.4) is 0 Å². The molecule has 1 aliphatic heterocycles. The van der Waals surface area contributed by atoms with E-state index in [0.717, 1.165) is 39.2 Å². The van der Waals surface area contributed by atoms with Crippen LogP contribution in [0.5, 0.6) is 11.5 Å². The summed E-state index contributed by atoms with van der Waals surface area (Å²) in [4.78, 5) is 27.2. The van der Waals surface area contributed by atoms with Crippen molar-refractivity contribution in [2.24, 2.45) is 0 Å². The van der Waals surface area contributed by atoms with Gasteiger partial charge in [-0.25, -0.2) is 0 Å². The molecule has 7 heteroatoms. The summed E-state index contributed by atoms with van der Waals surface area (Å²) in [6.45, 7) is 2.98. The fraction of sp³-hybridized carbons (Fsp3) is 0.133. The van der Waals surface area contributed by atoms with Crippen molar-refractivity contribution in [1.29, 1.82) is 0 Å². The van der Waals surface area contributed by atoms with E-state index >= 15 is 0 Å². The van der Waals surface area contributed by atoms with Crippen LogP contribution in [0, 0.1) is 0 Å². The summed E-state index contributed by atoms with van der Waals surface area (Å²) < 4.78 is 12.8. The van der Waals surface area contributed by atoms with Crippen molar-refractivity contribution in [3.63, 3.8) is 0 Å². The molecule has 1 aliphatic rings. The number of imide groups is 1. The standard InChI is InChI=1S/C30H24BrNO4S/c1-2-35-26-16-21(17-27-29(33)32(30(34)37-27)18-20-9-4-3-5-10-20)15-25(31)28(26)36-19-23-13-8-12-22-11-6-7-14-24(22)23/h3-17H,2,18-19H2,1H3/b27-17-. The SMILES string of the molecule is CCOc1cc(/C=C2\SC(=O)N(Cc3ccccc3)C2=O)cc(Br)c1OCc1cccc2ccccc12. The van der Waals surface area contributed by atoms with Gasteiger partial charge < -0.3 is 9.47 Å². The quantitative estimate of drug-likeness (QED) is 0.201. The third-order valence-electron chi connectivity index (χ3n) is 5.94. The van der Waals surface area contributed by atoms with Gasteiger partial charge in [-0.1, -0.05) is 72.8 Å². The average molecular weight is 574 g/mol. The van der Waals surface area contributed by atoms with Crippen molar-refractivity contribution in [3.05, 3.63) is 111 Å². The van der Waals surface area contributed by atoms with Crippen LogP contribution in [0.2, 0.25) is 0 Å². The summed E-state index contributed by atoms with van der Waals surface area (Å²) in [5.41, 5.74) is 2.71. The monoisotopic (exact) mass is 573 g/mol. The van der Waals surface area contributed by atoms with Crippen LogP contribution in [0.4, 0.5) is 4.79 Å². The molecule has 0 spiro atoms. The topological polar surface area (TPSA) is 55.8 Å². The van der Waals surface area contributed by atoms with E-state index in [0.29, 0.717) is 34.1 Å². The summed E-state index contributed by atoms with van der Waals surface area (Å²) in [6.07, 6.45) is 1.72. The average Bonchev–Trinajstić information content (AvgIpc) is 3.16. The smallest absolute Gasteiger partial charge is 0.293 e. The first-order valence-corrected chi connectivity index (χ1v) is 13.5. The number of carbonyl (C=O) groups is 2. The van der Waals surface area contributed by atoms with Crippen LogP contribution in [0.25, 0.3) is 16.8 Å². The lowest BCUT2D eigenvalue weighted by Crippen LogP contribution is -2.27. The molecule has 0 aliphatic carbocycles. The van der Waals surface area contributed by atoms with Crippen LogP contribution in [0.1, 0.15) is 23.6 Å². The number of hydrogen-bond donors (Lipinski definition) is 0. The number of thioether (sulfide) groups is 1. The zero-order valence-electron chi connectivity index (χ0n) is 20.1. The zero-order chi connectivity index (χ0) is 25.8. The molecule has 0 unspecified atom stereocenters. The highest BCUT2D eigenvalue weighted by Gasteiger charge is 2.35. The number of benzene rings is 4. The van der Waals surface area contributed by atoms with Crippen molar-refractivity contribution in [2.75, 3.05) is 6.61 Å². The van der Waals surface area contributed by atoms with Crippen molar-refractivity contribution in [3.8, 4) is 11.5 Å². The van der Waals surface area contributed by atoms with Gasteiger partial charge in [0.1, 0.15) is 6.61 Å². The minimum absolute atomic E-state index is 0.248. The van der Waals surface area contributed by atoms with Crippen LogP contribution < -0.4 is 9.47 Å². The number of fused-ring (bicyclic) bond motifs is 1. The second-order valence-corrected chi connectivity index (χ2v) is 10.3. The number of halogens is 1. The third-order valence-corrected chi connectivity index (χ3v) is 7.43. The van der Waals surface area contributed by atoms with Crippen LogP contribution >= 0.6 is 27.7 Å². The van der Waals surface area contributed by atoms with Crippen LogP contribution in [0.15, 0.2) is 94.3 Å². The Kier molecular flexibility index (Phi) is 7.63. The molecule has 0 N–H and O–H groups in total. The van der Waals surface area contributed by atoms with Gasteiger partial charge in [0, 0.05) is 0 Å². The predicted octanol–water partition coefficient (Wildman–Crippen LogP) is 7.82. The number of ether oxygens (including phenoxy) is 2. The second-order valence-electron chi connectivity index (χ2n) is 8.44.